The van der Waals surface area contributed by atoms with Gasteiger partial charge in [-0.15, -0.1) is 0 Å². The van der Waals surface area contributed by atoms with Gasteiger partial charge in [0, 0.05) is 37.8 Å². The number of fused-ring (bicyclic) bond motifs is 1. The van der Waals surface area contributed by atoms with Crippen molar-refractivity contribution in [2.24, 2.45) is 0 Å². The molecule has 26 heavy (non-hydrogen) atoms. The Morgan fingerprint density at radius 1 is 0.885 bits per heavy atom. The van der Waals surface area contributed by atoms with Crippen LogP contribution in [0.3, 0.4) is 0 Å². The van der Waals surface area contributed by atoms with Gasteiger partial charge in [-0.05, 0) is 43.5 Å². The van der Waals surface area contributed by atoms with Crippen LogP contribution in [0.15, 0.2) is 36.4 Å². The Bertz CT molecular complexity index is 712. The molecule has 0 atom stereocenters. The average molecular weight is 375 g/mol. The Morgan fingerprint density at radius 2 is 1.50 bits per heavy atom. The maximum atomic E-state index is 12.5. The molecule has 0 fully saturated rings. The van der Waals surface area contributed by atoms with Crippen LogP contribution >= 0.6 is 0 Å². The molecule has 0 N–H and O–H groups in total. The minimum Gasteiger partial charge on any atom is -0.374 e. The summed E-state index contributed by atoms with van der Waals surface area (Å²) in [6, 6.07) is 12.9. The van der Waals surface area contributed by atoms with Crippen LogP contribution in [0.2, 0.25) is 6.04 Å². The number of Topliss-reactive ketones (excluding diaryl/α,β-unsaturated/α-hetero) is 1. The van der Waals surface area contributed by atoms with Gasteiger partial charge in [0.15, 0.2) is 5.78 Å². The lowest BCUT2D eigenvalue weighted by Gasteiger charge is -2.29. The smallest absolute Gasteiger partial charge is 0.374 e. The van der Waals surface area contributed by atoms with Gasteiger partial charge in [0.25, 0.3) is 0 Å². The molecule has 0 radical (unpaired) electrons. The quantitative estimate of drug-likeness (QED) is 0.409. The lowest BCUT2D eigenvalue weighted by Crippen LogP contribution is -2.46. The largest absolute Gasteiger partial charge is 0.501 e. The van der Waals surface area contributed by atoms with Gasteiger partial charge in [0.05, 0.1) is 0 Å². The Hall–Kier alpha value is -1.53. The summed E-state index contributed by atoms with van der Waals surface area (Å²) < 4.78 is 17.9. The molecule has 0 saturated carbocycles. The maximum absolute atomic E-state index is 12.5. The molecule has 0 amide bonds. The highest BCUT2D eigenvalue weighted by Gasteiger charge is 2.40. The van der Waals surface area contributed by atoms with Crippen molar-refractivity contribution in [1.29, 1.82) is 0 Å². The fourth-order valence-electron chi connectivity index (χ4n) is 3.34. The number of benzene rings is 2. The number of carbonyl (C=O) groups excluding carboxylic acids is 1. The molecule has 0 unspecified atom stereocenters. The lowest BCUT2D eigenvalue weighted by atomic mass is 9.94. The Labute approximate surface area is 157 Å². The summed E-state index contributed by atoms with van der Waals surface area (Å²) >= 11 is 0. The fraction of sp³-hybridized carbons (Fsp3) is 0.476. The molecule has 2 aromatic rings. The minimum absolute atomic E-state index is 0.169. The Morgan fingerprint density at radius 3 is 2.08 bits per heavy atom. The molecule has 5 heteroatoms. The van der Waals surface area contributed by atoms with Crippen LogP contribution in [0.1, 0.15) is 50.0 Å². The number of ketones is 1. The lowest BCUT2D eigenvalue weighted by molar-refractivity contribution is 0.0713. The van der Waals surface area contributed by atoms with E-state index in [1.165, 1.54) is 0 Å². The molecule has 2 aromatic carbocycles. The van der Waals surface area contributed by atoms with Gasteiger partial charge in [0.1, 0.15) is 0 Å². The fourth-order valence-corrected chi connectivity index (χ4v) is 5.90. The molecule has 0 saturated heterocycles. The first-order chi connectivity index (χ1) is 12.6. The second kappa shape index (κ2) is 9.97. The summed E-state index contributed by atoms with van der Waals surface area (Å²) in [5, 5.41) is 2.27. The summed E-state index contributed by atoms with van der Waals surface area (Å²) in [6.45, 7) is 9.46. The molecular formula is C21H30O4Si. The first kappa shape index (κ1) is 20.8. The van der Waals surface area contributed by atoms with Gasteiger partial charge < -0.3 is 13.3 Å². The third-order valence-corrected chi connectivity index (χ3v) is 7.48. The van der Waals surface area contributed by atoms with Crippen LogP contribution in [0.25, 0.3) is 10.8 Å². The number of carbonyl (C=O) groups is 1. The van der Waals surface area contributed by atoms with Crippen LogP contribution in [0, 0.1) is 0 Å². The van der Waals surface area contributed by atoms with Gasteiger partial charge in [-0.1, -0.05) is 43.3 Å². The summed E-state index contributed by atoms with van der Waals surface area (Å²) in [4.78, 5) is 12.5. The number of hydrogen-bond acceptors (Lipinski definition) is 4. The van der Waals surface area contributed by atoms with Crippen LogP contribution in [-0.2, 0) is 19.7 Å². The Kier molecular flexibility index (Phi) is 7.97. The summed E-state index contributed by atoms with van der Waals surface area (Å²) in [5.41, 5.74) is 1.88. The van der Waals surface area contributed by atoms with E-state index in [0.29, 0.717) is 38.7 Å². The molecule has 0 heterocycles. The van der Waals surface area contributed by atoms with Crippen LogP contribution < -0.4 is 0 Å². The van der Waals surface area contributed by atoms with E-state index in [-0.39, 0.29) is 5.78 Å². The van der Waals surface area contributed by atoms with Crippen molar-refractivity contribution >= 4 is 25.4 Å². The summed E-state index contributed by atoms with van der Waals surface area (Å²) in [5.74, 6) is 0.169. The van der Waals surface area contributed by atoms with Crippen molar-refractivity contribution in [3.05, 3.63) is 47.5 Å². The molecule has 0 bridgehead atoms. The zero-order valence-electron chi connectivity index (χ0n) is 16.3. The van der Waals surface area contributed by atoms with Crippen molar-refractivity contribution in [3.63, 3.8) is 0 Å². The highest BCUT2D eigenvalue weighted by atomic mass is 28.4. The SMILES string of the molecule is CCO[Si](CCc1c(C(=O)CC)ccc2ccccc12)(OCC)OCC. The van der Waals surface area contributed by atoms with Crippen molar-refractivity contribution < 1.29 is 18.1 Å². The summed E-state index contributed by atoms with van der Waals surface area (Å²) in [7, 11) is -2.74. The molecule has 2 rings (SSSR count). The van der Waals surface area contributed by atoms with Crippen LogP contribution in [0.5, 0.6) is 0 Å². The first-order valence-corrected chi connectivity index (χ1v) is 11.5. The van der Waals surface area contributed by atoms with Gasteiger partial charge in [-0.25, -0.2) is 0 Å². The van der Waals surface area contributed by atoms with E-state index in [2.05, 4.69) is 12.1 Å². The predicted molar refractivity (Wildman–Crippen MR) is 108 cm³/mol. The monoisotopic (exact) mass is 374 g/mol. The minimum atomic E-state index is -2.74. The van der Waals surface area contributed by atoms with Gasteiger partial charge in [-0.2, -0.15) is 0 Å². The number of hydrogen-bond donors (Lipinski definition) is 0. The predicted octanol–water partition coefficient (Wildman–Crippen LogP) is 5.02. The zero-order chi connectivity index (χ0) is 19.0. The van der Waals surface area contributed by atoms with Crippen molar-refractivity contribution in [3.8, 4) is 0 Å². The van der Waals surface area contributed by atoms with Crippen molar-refractivity contribution in [1.82, 2.24) is 0 Å². The standard InChI is InChI=1S/C21H30O4Si/c1-5-21(22)20-14-13-17-11-9-10-12-18(17)19(20)15-16-26(23-6-2,24-7-3)25-8-4/h9-14H,5-8,15-16H2,1-4H3. The second-order valence-electron chi connectivity index (χ2n) is 6.07. The molecule has 142 valence electrons. The van der Waals surface area contributed by atoms with Gasteiger partial charge >= 0.3 is 8.80 Å². The highest BCUT2D eigenvalue weighted by molar-refractivity contribution is 6.60. The van der Waals surface area contributed by atoms with E-state index >= 15 is 0 Å². The number of rotatable bonds is 11. The summed E-state index contributed by atoms with van der Waals surface area (Å²) in [6.07, 6.45) is 1.20. The normalized spacial score (nSPS) is 11.8. The number of aryl methyl sites for hydroxylation is 1. The van der Waals surface area contributed by atoms with Gasteiger partial charge in [-0.3, -0.25) is 4.79 Å². The third-order valence-electron chi connectivity index (χ3n) is 4.44. The van der Waals surface area contributed by atoms with E-state index in [4.69, 9.17) is 13.3 Å². The second-order valence-corrected chi connectivity index (χ2v) is 8.80. The Balaban J connectivity index is 2.42. The van der Waals surface area contributed by atoms with Crippen LogP contribution in [-0.4, -0.2) is 34.4 Å². The van der Waals surface area contributed by atoms with E-state index < -0.39 is 8.80 Å². The zero-order valence-corrected chi connectivity index (χ0v) is 17.3. The van der Waals surface area contributed by atoms with E-state index in [1.54, 1.807) is 0 Å². The molecule has 0 aliphatic rings. The van der Waals surface area contributed by atoms with Crippen LogP contribution in [0.4, 0.5) is 0 Å². The van der Waals surface area contributed by atoms with Gasteiger partial charge in [0.2, 0.25) is 0 Å². The third kappa shape index (κ3) is 4.80. The average Bonchev–Trinajstić information content (AvgIpc) is 2.66. The van der Waals surface area contributed by atoms with E-state index in [1.807, 2.05) is 52.0 Å². The topological polar surface area (TPSA) is 44.8 Å². The van der Waals surface area contributed by atoms with Crippen molar-refractivity contribution in [2.75, 3.05) is 19.8 Å². The highest BCUT2D eigenvalue weighted by Crippen LogP contribution is 2.28. The molecule has 0 spiro atoms. The molecular weight excluding hydrogens is 344 g/mol. The van der Waals surface area contributed by atoms with E-state index in [9.17, 15) is 4.79 Å². The molecule has 0 aliphatic heterocycles. The van der Waals surface area contributed by atoms with Crippen molar-refractivity contribution in [2.45, 2.75) is 46.6 Å². The molecule has 4 nitrogen and oxygen atoms in total. The first-order valence-electron chi connectivity index (χ1n) is 9.56. The van der Waals surface area contributed by atoms with E-state index in [0.717, 1.165) is 21.9 Å². The maximum Gasteiger partial charge on any atom is 0.501 e. The molecule has 0 aromatic heterocycles. The molecule has 0 aliphatic carbocycles.